The lowest BCUT2D eigenvalue weighted by Crippen LogP contribution is -2.38. The van der Waals surface area contributed by atoms with Gasteiger partial charge in [-0.3, -0.25) is 9.56 Å². The largest absolute Gasteiger partial charge is 0.357 e. The second-order valence-corrected chi connectivity index (χ2v) is 5.57. The molecule has 1 aliphatic rings. The molecule has 0 amide bonds. The molecule has 0 aliphatic carbocycles. The molecule has 1 aromatic heterocycles. The van der Waals surface area contributed by atoms with Crippen LogP contribution in [0.5, 0.6) is 0 Å². The molecule has 124 valence electrons. The molecular weight excluding hydrogens is 280 g/mol. The Morgan fingerprint density at radius 3 is 2.91 bits per heavy atom. The van der Waals surface area contributed by atoms with Crippen LogP contribution in [0.3, 0.4) is 0 Å². The van der Waals surface area contributed by atoms with Crippen LogP contribution >= 0.6 is 0 Å². The minimum Gasteiger partial charge on any atom is -0.357 e. The van der Waals surface area contributed by atoms with Crippen molar-refractivity contribution in [2.24, 2.45) is 4.99 Å². The second-order valence-electron chi connectivity index (χ2n) is 5.57. The number of guanidine groups is 1. The van der Waals surface area contributed by atoms with Gasteiger partial charge in [0.05, 0.1) is 0 Å². The van der Waals surface area contributed by atoms with Gasteiger partial charge in [0.1, 0.15) is 5.82 Å². The average molecular weight is 308 g/mol. The van der Waals surface area contributed by atoms with E-state index < -0.39 is 0 Å². The SMILES string of the molecule is CCCN=C(NCC)NCCCn1nc2n(c1=O)CCCC2. The summed E-state index contributed by atoms with van der Waals surface area (Å²) in [5, 5.41) is 11.0. The Morgan fingerprint density at radius 2 is 2.18 bits per heavy atom. The first kappa shape index (κ1) is 16.6. The van der Waals surface area contributed by atoms with E-state index in [1.807, 2.05) is 4.57 Å². The standard InChI is InChI=1S/C15H28N6O/c1-3-9-17-14(16-4-2)18-10-7-12-21-15(22)20-11-6-5-8-13(20)19-21/h3-12H2,1-2H3,(H2,16,17,18). The first-order valence-corrected chi connectivity index (χ1v) is 8.45. The number of fused-ring (bicyclic) bond motifs is 1. The van der Waals surface area contributed by atoms with Gasteiger partial charge < -0.3 is 10.6 Å². The fourth-order valence-electron chi connectivity index (χ4n) is 2.60. The van der Waals surface area contributed by atoms with Gasteiger partial charge in [-0.05, 0) is 32.6 Å². The minimum atomic E-state index is 0.0428. The van der Waals surface area contributed by atoms with Gasteiger partial charge in [0.15, 0.2) is 5.96 Å². The molecule has 0 saturated heterocycles. The van der Waals surface area contributed by atoms with Crippen molar-refractivity contribution in [1.82, 2.24) is 25.0 Å². The zero-order chi connectivity index (χ0) is 15.8. The number of aryl methyl sites for hydroxylation is 2. The van der Waals surface area contributed by atoms with Gasteiger partial charge in [-0.2, -0.15) is 5.10 Å². The lowest BCUT2D eigenvalue weighted by atomic mass is 10.2. The normalized spacial score (nSPS) is 14.7. The average Bonchev–Trinajstić information content (AvgIpc) is 2.86. The van der Waals surface area contributed by atoms with E-state index in [9.17, 15) is 4.79 Å². The van der Waals surface area contributed by atoms with Gasteiger partial charge >= 0.3 is 5.69 Å². The van der Waals surface area contributed by atoms with E-state index in [4.69, 9.17) is 0 Å². The van der Waals surface area contributed by atoms with Crippen molar-refractivity contribution in [3.05, 3.63) is 16.3 Å². The first-order chi connectivity index (χ1) is 10.8. The van der Waals surface area contributed by atoms with Crippen molar-refractivity contribution >= 4 is 5.96 Å². The summed E-state index contributed by atoms with van der Waals surface area (Å²) in [6, 6.07) is 0. The number of aromatic nitrogens is 3. The van der Waals surface area contributed by atoms with Gasteiger partial charge in [-0.1, -0.05) is 6.92 Å². The molecule has 0 saturated carbocycles. The Labute approximate surface area is 131 Å². The molecular formula is C15H28N6O. The Balaban J connectivity index is 1.81. The molecule has 2 heterocycles. The summed E-state index contributed by atoms with van der Waals surface area (Å²) in [7, 11) is 0. The van der Waals surface area contributed by atoms with Crippen LogP contribution in [0.25, 0.3) is 0 Å². The highest BCUT2D eigenvalue weighted by Gasteiger charge is 2.16. The quantitative estimate of drug-likeness (QED) is 0.442. The monoisotopic (exact) mass is 308 g/mol. The van der Waals surface area contributed by atoms with E-state index in [-0.39, 0.29) is 5.69 Å². The smallest absolute Gasteiger partial charge is 0.345 e. The Hall–Kier alpha value is -1.79. The van der Waals surface area contributed by atoms with Crippen molar-refractivity contribution in [1.29, 1.82) is 0 Å². The topological polar surface area (TPSA) is 76.2 Å². The van der Waals surface area contributed by atoms with Crippen LogP contribution in [0.1, 0.15) is 45.4 Å². The van der Waals surface area contributed by atoms with Crippen molar-refractivity contribution in [3.63, 3.8) is 0 Å². The third-order valence-electron chi connectivity index (χ3n) is 3.71. The van der Waals surface area contributed by atoms with Crippen LogP contribution in [0.15, 0.2) is 9.79 Å². The maximum Gasteiger partial charge on any atom is 0.345 e. The second kappa shape index (κ2) is 8.60. The van der Waals surface area contributed by atoms with Crippen LogP contribution in [-0.2, 0) is 19.5 Å². The molecule has 0 radical (unpaired) electrons. The lowest BCUT2D eigenvalue weighted by molar-refractivity contribution is 0.509. The molecule has 0 unspecified atom stereocenters. The fraction of sp³-hybridized carbons (Fsp3) is 0.800. The first-order valence-electron chi connectivity index (χ1n) is 8.45. The number of hydrogen-bond acceptors (Lipinski definition) is 3. The Morgan fingerprint density at radius 1 is 1.32 bits per heavy atom. The molecule has 0 atom stereocenters. The number of rotatable bonds is 7. The molecule has 0 spiro atoms. The molecule has 0 aromatic carbocycles. The highest BCUT2D eigenvalue weighted by Crippen LogP contribution is 2.09. The number of hydrogen-bond donors (Lipinski definition) is 2. The van der Waals surface area contributed by atoms with Crippen LogP contribution in [0.2, 0.25) is 0 Å². The summed E-state index contributed by atoms with van der Waals surface area (Å²) in [6.07, 6.45) is 5.03. The summed E-state index contributed by atoms with van der Waals surface area (Å²) in [6.45, 7) is 8.09. The van der Waals surface area contributed by atoms with Crippen LogP contribution in [-0.4, -0.2) is 39.9 Å². The van der Waals surface area contributed by atoms with Gasteiger partial charge in [0.2, 0.25) is 0 Å². The van der Waals surface area contributed by atoms with Crippen molar-refractivity contribution in [2.45, 2.75) is 59.0 Å². The number of nitrogens with one attached hydrogen (secondary N) is 2. The number of aliphatic imine (C=N–C) groups is 1. The van der Waals surface area contributed by atoms with Crippen molar-refractivity contribution < 1.29 is 0 Å². The minimum absolute atomic E-state index is 0.0428. The van der Waals surface area contributed by atoms with E-state index in [0.717, 1.165) is 70.1 Å². The predicted molar refractivity (Wildman–Crippen MR) is 88.3 cm³/mol. The maximum atomic E-state index is 12.2. The molecule has 0 bridgehead atoms. The van der Waals surface area contributed by atoms with E-state index in [1.165, 1.54) is 0 Å². The maximum absolute atomic E-state index is 12.2. The van der Waals surface area contributed by atoms with Crippen LogP contribution in [0, 0.1) is 0 Å². The predicted octanol–water partition coefficient (Wildman–Crippen LogP) is 0.736. The summed E-state index contributed by atoms with van der Waals surface area (Å²) >= 11 is 0. The summed E-state index contributed by atoms with van der Waals surface area (Å²) in [5.74, 6) is 1.79. The highest BCUT2D eigenvalue weighted by molar-refractivity contribution is 5.79. The van der Waals surface area contributed by atoms with E-state index in [1.54, 1.807) is 4.68 Å². The van der Waals surface area contributed by atoms with Gasteiger partial charge in [0, 0.05) is 39.1 Å². The third-order valence-corrected chi connectivity index (χ3v) is 3.71. The molecule has 2 rings (SSSR count). The van der Waals surface area contributed by atoms with Gasteiger partial charge in [-0.15, -0.1) is 0 Å². The summed E-state index contributed by atoms with van der Waals surface area (Å²) in [5.41, 5.74) is 0.0428. The number of nitrogens with zero attached hydrogens (tertiary/aromatic N) is 4. The highest BCUT2D eigenvalue weighted by atomic mass is 16.2. The lowest BCUT2D eigenvalue weighted by Gasteiger charge is -2.10. The Kier molecular flexibility index (Phi) is 6.48. The molecule has 1 aliphatic heterocycles. The zero-order valence-electron chi connectivity index (χ0n) is 13.8. The third kappa shape index (κ3) is 4.35. The molecule has 22 heavy (non-hydrogen) atoms. The van der Waals surface area contributed by atoms with E-state index in [2.05, 4.69) is 34.6 Å². The molecule has 7 heteroatoms. The van der Waals surface area contributed by atoms with Crippen molar-refractivity contribution in [2.75, 3.05) is 19.6 Å². The van der Waals surface area contributed by atoms with Crippen molar-refractivity contribution in [3.8, 4) is 0 Å². The van der Waals surface area contributed by atoms with Crippen LogP contribution < -0.4 is 16.3 Å². The van der Waals surface area contributed by atoms with E-state index >= 15 is 0 Å². The summed E-state index contributed by atoms with van der Waals surface area (Å²) in [4.78, 5) is 16.6. The molecule has 1 aromatic rings. The molecule has 7 nitrogen and oxygen atoms in total. The van der Waals surface area contributed by atoms with E-state index in [0.29, 0.717) is 6.54 Å². The molecule has 2 N–H and O–H groups in total. The van der Waals surface area contributed by atoms with Gasteiger partial charge in [0.25, 0.3) is 0 Å². The van der Waals surface area contributed by atoms with Crippen LogP contribution in [0.4, 0.5) is 0 Å². The zero-order valence-corrected chi connectivity index (χ0v) is 13.8. The molecule has 0 fully saturated rings. The van der Waals surface area contributed by atoms with Gasteiger partial charge in [-0.25, -0.2) is 9.48 Å². The fourth-order valence-corrected chi connectivity index (χ4v) is 2.60. The Bertz CT molecular complexity index is 545. The summed E-state index contributed by atoms with van der Waals surface area (Å²) < 4.78 is 3.43.